The van der Waals surface area contributed by atoms with Crippen molar-refractivity contribution in [2.24, 2.45) is 0 Å². The number of halogens is 1. The normalized spacial score (nSPS) is 10.8. The molecule has 0 amide bonds. The molecular formula is C9H12ClN3. The largest absolute Gasteiger partial charge is 0.383 e. The van der Waals surface area contributed by atoms with Crippen LogP contribution in [0.25, 0.3) is 6.08 Å². The van der Waals surface area contributed by atoms with Crippen LogP contribution in [-0.4, -0.2) is 29.0 Å². The topological polar surface area (TPSA) is 29.0 Å². The van der Waals surface area contributed by atoms with Gasteiger partial charge in [0, 0.05) is 26.0 Å². The van der Waals surface area contributed by atoms with Gasteiger partial charge < -0.3 is 4.90 Å². The van der Waals surface area contributed by atoms with Crippen LogP contribution >= 0.6 is 11.6 Å². The van der Waals surface area contributed by atoms with Crippen LogP contribution in [0.4, 0.5) is 0 Å². The van der Waals surface area contributed by atoms with E-state index in [9.17, 15) is 0 Å². The van der Waals surface area contributed by atoms with Crippen LogP contribution in [0.2, 0.25) is 5.28 Å². The highest BCUT2D eigenvalue weighted by atomic mass is 35.5. The van der Waals surface area contributed by atoms with E-state index in [1.165, 1.54) is 0 Å². The fourth-order valence-electron chi connectivity index (χ4n) is 0.866. The van der Waals surface area contributed by atoms with Crippen molar-refractivity contribution in [3.8, 4) is 0 Å². The van der Waals surface area contributed by atoms with Crippen molar-refractivity contribution in [1.29, 1.82) is 0 Å². The zero-order valence-electron chi connectivity index (χ0n) is 7.95. The second-order valence-electron chi connectivity index (χ2n) is 2.98. The molecule has 0 aliphatic rings. The number of nitrogens with zero attached hydrogens (tertiary/aromatic N) is 3. The number of aromatic nitrogens is 2. The minimum atomic E-state index is 0.290. The number of aryl methyl sites for hydroxylation is 1. The Hall–Kier alpha value is -1.09. The second-order valence-corrected chi connectivity index (χ2v) is 3.32. The molecule has 0 aliphatic carbocycles. The van der Waals surface area contributed by atoms with Crippen LogP contribution in [0.3, 0.4) is 0 Å². The summed E-state index contributed by atoms with van der Waals surface area (Å²) in [7, 11) is 3.90. The van der Waals surface area contributed by atoms with Gasteiger partial charge in [-0.25, -0.2) is 9.97 Å². The van der Waals surface area contributed by atoms with Crippen LogP contribution in [0, 0.1) is 6.92 Å². The second kappa shape index (κ2) is 4.23. The molecule has 0 radical (unpaired) electrons. The maximum atomic E-state index is 5.70. The SMILES string of the molecule is Cc1cc(/C=C/N(C)C)nc(Cl)n1. The maximum absolute atomic E-state index is 5.70. The molecule has 0 fully saturated rings. The summed E-state index contributed by atoms with van der Waals surface area (Å²) in [6.45, 7) is 1.89. The summed E-state index contributed by atoms with van der Waals surface area (Å²) in [4.78, 5) is 9.95. The molecule has 1 heterocycles. The predicted molar refractivity (Wildman–Crippen MR) is 54.5 cm³/mol. The van der Waals surface area contributed by atoms with E-state index in [2.05, 4.69) is 9.97 Å². The molecule has 4 heteroatoms. The quantitative estimate of drug-likeness (QED) is 0.679. The zero-order chi connectivity index (χ0) is 9.84. The van der Waals surface area contributed by atoms with Gasteiger partial charge in [-0.2, -0.15) is 0 Å². The van der Waals surface area contributed by atoms with Crippen molar-refractivity contribution < 1.29 is 0 Å². The highest BCUT2D eigenvalue weighted by Gasteiger charge is 1.95. The Bertz CT molecular complexity index is 300. The van der Waals surface area contributed by atoms with E-state index < -0.39 is 0 Å². The van der Waals surface area contributed by atoms with Gasteiger partial charge in [-0.05, 0) is 30.7 Å². The molecule has 0 unspecified atom stereocenters. The lowest BCUT2D eigenvalue weighted by atomic mass is 10.3. The molecule has 0 aliphatic heterocycles. The molecule has 0 atom stereocenters. The highest BCUT2D eigenvalue weighted by molar-refractivity contribution is 6.28. The lowest BCUT2D eigenvalue weighted by Crippen LogP contribution is -2.00. The number of hydrogen-bond acceptors (Lipinski definition) is 3. The van der Waals surface area contributed by atoms with E-state index >= 15 is 0 Å². The van der Waals surface area contributed by atoms with Crippen LogP contribution < -0.4 is 0 Å². The maximum Gasteiger partial charge on any atom is 0.223 e. The number of rotatable bonds is 2. The first-order valence-electron chi connectivity index (χ1n) is 3.94. The van der Waals surface area contributed by atoms with Gasteiger partial charge in [0.25, 0.3) is 0 Å². The summed E-state index contributed by atoms with van der Waals surface area (Å²) in [5.74, 6) is 0. The Morgan fingerprint density at radius 3 is 2.62 bits per heavy atom. The minimum Gasteiger partial charge on any atom is -0.383 e. The Balaban J connectivity index is 2.89. The highest BCUT2D eigenvalue weighted by Crippen LogP contribution is 2.06. The van der Waals surface area contributed by atoms with E-state index in [0.29, 0.717) is 5.28 Å². The van der Waals surface area contributed by atoms with Crippen molar-refractivity contribution >= 4 is 17.7 Å². The average Bonchev–Trinajstić information content (AvgIpc) is 1.99. The van der Waals surface area contributed by atoms with Gasteiger partial charge in [0.1, 0.15) is 0 Å². The standard InChI is InChI=1S/C9H12ClN3/c1-7-6-8(4-5-13(2)3)12-9(10)11-7/h4-6H,1-3H3/b5-4+. The summed E-state index contributed by atoms with van der Waals surface area (Å²) in [5, 5.41) is 0.290. The van der Waals surface area contributed by atoms with E-state index in [0.717, 1.165) is 11.4 Å². The summed E-state index contributed by atoms with van der Waals surface area (Å²) in [6, 6.07) is 1.88. The van der Waals surface area contributed by atoms with Crippen molar-refractivity contribution in [1.82, 2.24) is 14.9 Å². The third kappa shape index (κ3) is 3.42. The van der Waals surface area contributed by atoms with Gasteiger partial charge in [0.2, 0.25) is 5.28 Å². The number of hydrogen-bond donors (Lipinski definition) is 0. The van der Waals surface area contributed by atoms with E-state index in [-0.39, 0.29) is 0 Å². The smallest absolute Gasteiger partial charge is 0.223 e. The van der Waals surface area contributed by atoms with Crippen LogP contribution in [0.1, 0.15) is 11.4 Å². The average molecular weight is 198 g/mol. The van der Waals surface area contributed by atoms with Gasteiger partial charge in [-0.1, -0.05) is 0 Å². The molecule has 0 spiro atoms. The Morgan fingerprint density at radius 1 is 1.38 bits per heavy atom. The molecule has 1 rings (SSSR count). The Labute approximate surface area is 83.1 Å². The zero-order valence-corrected chi connectivity index (χ0v) is 8.71. The van der Waals surface area contributed by atoms with E-state index in [1.54, 1.807) is 0 Å². The summed E-state index contributed by atoms with van der Waals surface area (Å²) in [5.41, 5.74) is 1.70. The minimum absolute atomic E-state index is 0.290. The molecular weight excluding hydrogens is 186 g/mol. The first-order chi connectivity index (χ1) is 6.08. The molecule has 0 bridgehead atoms. The van der Waals surface area contributed by atoms with Crippen molar-refractivity contribution in [3.63, 3.8) is 0 Å². The summed E-state index contributed by atoms with van der Waals surface area (Å²) in [6.07, 6.45) is 3.80. The molecule has 1 aromatic rings. The fraction of sp³-hybridized carbons (Fsp3) is 0.333. The van der Waals surface area contributed by atoms with Gasteiger partial charge in [-0.3, -0.25) is 0 Å². The molecule has 1 aromatic heterocycles. The Morgan fingerprint density at radius 2 is 2.08 bits per heavy atom. The summed E-state index contributed by atoms with van der Waals surface area (Å²) >= 11 is 5.70. The lowest BCUT2D eigenvalue weighted by molar-refractivity contribution is 0.567. The third-order valence-corrected chi connectivity index (χ3v) is 1.56. The van der Waals surface area contributed by atoms with Gasteiger partial charge in [-0.15, -0.1) is 0 Å². The molecule has 0 saturated heterocycles. The van der Waals surface area contributed by atoms with Crippen molar-refractivity contribution in [2.75, 3.05) is 14.1 Å². The first-order valence-corrected chi connectivity index (χ1v) is 4.31. The van der Waals surface area contributed by atoms with Gasteiger partial charge in [0.15, 0.2) is 0 Å². The van der Waals surface area contributed by atoms with Crippen LogP contribution in [0.15, 0.2) is 12.3 Å². The van der Waals surface area contributed by atoms with Crippen LogP contribution in [-0.2, 0) is 0 Å². The third-order valence-electron chi connectivity index (χ3n) is 1.39. The Kier molecular flexibility index (Phi) is 3.25. The van der Waals surface area contributed by atoms with Gasteiger partial charge in [0.05, 0.1) is 5.69 Å². The lowest BCUT2D eigenvalue weighted by Gasteiger charge is -2.03. The van der Waals surface area contributed by atoms with E-state index in [1.807, 2.05) is 44.3 Å². The van der Waals surface area contributed by atoms with E-state index in [4.69, 9.17) is 11.6 Å². The van der Waals surface area contributed by atoms with Crippen molar-refractivity contribution in [3.05, 3.63) is 28.9 Å². The van der Waals surface area contributed by atoms with Gasteiger partial charge >= 0.3 is 0 Å². The fourth-order valence-corrected chi connectivity index (χ4v) is 1.10. The first kappa shape index (κ1) is 9.99. The van der Waals surface area contributed by atoms with Crippen LogP contribution in [0.5, 0.6) is 0 Å². The molecule has 13 heavy (non-hydrogen) atoms. The predicted octanol–water partition coefficient (Wildman–Crippen LogP) is 1.97. The molecule has 0 saturated carbocycles. The summed E-state index contributed by atoms with van der Waals surface area (Å²) < 4.78 is 0. The molecule has 3 nitrogen and oxygen atoms in total. The molecule has 0 N–H and O–H groups in total. The molecule has 70 valence electrons. The van der Waals surface area contributed by atoms with Crippen molar-refractivity contribution in [2.45, 2.75) is 6.92 Å². The molecule has 0 aromatic carbocycles. The monoisotopic (exact) mass is 197 g/mol.